The second-order valence-electron chi connectivity index (χ2n) is 6.38. The number of carbonyl (C=O) groups excluding carboxylic acids is 1. The van der Waals surface area contributed by atoms with E-state index in [4.69, 9.17) is 9.51 Å². The predicted molar refractivity (Wildman–Crippen MR) is 108 cm³/mol. The van der Waals surface area contributed by atoms with E-state index in [1.165, 1.54) is 0 Å². The highest BCUT2D eigenvalue weighted by Gasteiger charge is 2.14. The molecule has 136 valence electrons. The summed E-state index contributed by atoms with van der Waals surface area (Å²) in [5.74, 6) is 0.735. The number of nitrogens with zero attached hydrogens (tertiary/aromatic N) is 2. The van der Waals surface area contributed by atoms with Gasteiger partial charge in [0.2, 0.25) is 5.91 Å². The van der Waals surface area contributed by atoms with E-state index >= 15 is 0 Å². The van der Waals surface area contributed by atoms with Gasteiger partial charge in [-0.15, -0.1) is 11.3 Å². The van der Waals surface area contributed by atoms with Gasteiger partial charge in [-0.3, -0.25) is 4.79 Å². The Bertz CT molecular complexity index is 1060. The number of aromatic nitrogens is 2. The topological polar surface area (TPSA) is 68.0 Å². The van der Waals surface area contributed by atoms with Gasteiger partial charge in [-0.1, -0.05) is 29.4 Å². The first-order valence-electron chi connectivity index (χ1n) is 8.78. The average Bonchev–Trinajstić information content (AvgIpc) is 3.24. The zero-order valence-corrected chi connectivity index (χ0v) is 16.0. The number of para-hydroxylation sites is 2. The molecule has 0 radical (unpaired) electrons. The number of amides is 1. The lowest BCUT2D eigenvalue weighted by Crippen LogP contribution is -2.13. The standard InChI is InChI=1S/C21H19N3O2S/c1-13-15(14(2)26-24-13)11-12-20(25)22-17-8-4-3-7-16(17)21-23-18-9-5-6-10-19(18)27-21/h3-10H,11-12H2,1-2H3,(H,22,25). The summed E-state index contributed by atoms with van der Waals surface area (Å²) in [5.41, 5.74) is 4.53. The molecule has 2 aromatic heterocycles. The highest BCUT2D eigenvalue weighted by Crippen LogP contribution is 2.34. The van der Waals surface area contributed by atoms with Crippen LogP contribution in [-0.2, 0) is 11.2 Å². The number of hydrogen-bond donors (Lipinski definition) is 1. The summed E-state index contributed by atoms with van der Waals surface area (Å²) < 4.78 is 6.29. The van der Waals surface area contributed by atoms with Crippen molar-refractivity contribution in [1.29, 1.82) is 0 Å². The first kappa shape index (κ1) is 17.4. The van der Waals surface area contributed by atoms with Crippen LogP contribution in [-0.4, -0.2) is 16.0 Å². The first-order chi connectivity index (χ1) is 13.1. The molecule has 1 N–H and O–H groups in total. The largest absolute Gasteiger partial charge is 0.361 e. The molecular formula is C21H19N3O2S. The van der Waals surface area contributed by atoms with E-state index in [0.717, 1.165) is 43.5 Å². The van der Waals surface area contributed by atoms with Gasteiger partial charge in [0.15, 0.2) is 0 Å². The van der Waals surface area contributed by atoms with E-state index in [2.05, 4.69) is 16.5 Å². The lowest BCUT2D eigenvalue weighted by molar-refractivity contribution is -0.116. The summed E-state index contributed by atoms with van der Waals surface area (Å²) in [7, 11) is 0. The molecule has 6 heteroatoms. The number of anilines is 1. The Labute approximate surface area is 161 Å². The number of hydrogen-bond acceptors (Lipinski definition) is 5. The van der Waals surface area contributed by atoms with E-state index < -0.39 is 0 Å². The fourth-order valence-electron chi connectivity index (χ4n) is 3.08. The van der Waals surface area contributed by atoms with Gasteiger partial charge in [0.05, 0.1) is 21.6 Å². The molecule has 27 heavy (non-hydrogen) atoms. The summed E-state index contributed by atoms with van der Waals surface area (Å²) in [4.78, 5) is 17.2. The predicted octanol–water partition coefficient (Wildman–Crippen LogP) is 5.14. The molecule has 0 fully saturated rings. The van der Waals surface area contributed by atoms with Crippen molar-refractivity contribution in [3.8, 4) is 10.6 Å². The highest BCUT2D eigenvalue weighted by molar-refractivity contribution is 7.21. The minimum atomic E-state index is -0.0384. The second-order valence-corrected chi connectivity index (χ2v) is 7.41. The number of thiazole rings is 1. The summed E-state index contributed by atoms with van der Waals surface area (Å²) in [6.45, 7) is 3.77. The third-order valence-electron chi connectivity index (χ3n) is 4.51. The van der Waals surface area contributed by atoms with Gasteiger partial charge in [-0.2, -0.15) is 0 Å². The van der Waals surface area contributed by atoms with E-state index in [9.17, 15) is 4.79 Å². The zero-order chi connectivity index (χ0) is 18.8. The molecule has 4 aromatic rings. The van der Waals surface area contributed by atoms with E-state index in [-0.39, 0.29) is 5.91 Å². The fraction of sp³-hybridized carbons (Fsp3) is 0.190. The molecule has 0 atom stereocenters. The highest BCUT2D eigenvalue weighted by atomic mass is 32.1. The number of fused-ring (bicyclic) bond motifs is 1. The van der Waals surface area contributed by atoms with Crippen LogP contribution in [0.15, 0.2) is 53.1 Å². The lowest BCUT2D eigenvalue weighted by atomic mass is 10.1. The molecule has 0 unspecified atom stereocenters. The minimum absolute atomic E-state index is 0.0384. The molecule has 5 nitrogen and oxygen atoms in total. The lowest BCUT2D eigenvalue weighted by Gasteiger charge is -2.09. The zero-order valence-electron chi connectivity index (χ0n) is 15.2. The van der Waals surface area contributed by atoms with Crippen LogP contribution < -0.4 is 5.32 Å². The maximum Gasteiger partial charge on any atom is 0.224 e. The summed E-state index contributed by atoms with van der Waals surface area (Å²) >= 11 is 1.62. The molecular weight excluding hydrogens is 358 g/mol. The average molecular weight is 377 g/mol. The maximum atomic E-state index is 12.5. The molecule has 2 aromatic carbocycles. The first-order valence-corrected chi connectivity index (χ1v) is 9.60. The van der Waals surface area contributed by atoms with Crippen LogP contribution in [0.1, 0.15) is 23.4 Å². The normalized spacial score (nSPS) is 11.0. The Morgan fingerprint density at radius 1 is 1.11 bits per heavy atom. The molecule has 0 saturated heterocycles. The fourth-order valence-corrected chi connectivity index (χ4v) is 4.08. The molecule has 2 heterocycles. The monoisotopic (exact) mass is 377 g/mol. The van der Waals surface area contributed by atoms with Crippen molar-refractivity contribution in [1.82, 2.24) is 10.1 Å². The molecule has 0 saturated carbocycles. The molecule has 0 aliphatic heterocycles. The third-order valence-corrected chi connectivity index (χ3v) is 5.58. The SMILES string of the molecule is Cc1noc(C)c1CCC(=O)Nc1ccccc1-c1nc2ccccc2s1. The smallest absolute Gasteiger partial charge is 0.224 e. The van der Waals surface area contributed by atoms with Crippen molar-refractivity contribution in [2.24, 2.45) is 0 Å². The van der Waals surface area contributed by atoms with Crippen molar-refractivity contribution in [2.45, 2.75) is 26.7 Å². The minimum Gasteiger partial charge on any atom is -0.361 e. The van der Waals surface area contributed by atoms with Crippen LogP contribution in [0.3, 0.4) is 0 Å². The Kier molecular flexibility index (Phi) is 4.73. The van der Waals surface area contributed by atoms with Crippen LogP contribution in [0.5, 0.6) is 0 Å². The van der Waals surface area contributed by atoms with Gasteiger partial charge in [-0.05, 0) is 44.5 Å². The van der Waals surface area contributed by atoms with Crippen molar-refractivity contribution < 1.29 is 9.32 Å². The molecule has 0 aliphatic carbocycles. The second kappa shape index (κ2) is 7.32. The van der Waals surface area contributed by atoms with Gasteiger partial charge in [0.25, 0.3) is 0 Å². The van der Waals surface area contributed by atoms with Crippen LogP contribution >= 0.6 is 11.3 Å². The number of nitrogens with one attached hydrogen (secondary N) is 1. The van der Waals surface area contributed by atoms with Crippen LogP contribution in [0.25, 0.3) is 20.8 Å². The Hall–Kier alpha value is -2.99. The molecule has 4 rings (SSSR count). The maximum absolute atomic E-state index is 12.5. The summed E-state index contributed by atoms with van der Waals surface area (Å²) in [6.07, 6.45) is 0.980. The molecule has 0 spiro atoms. The third kappa shape index (κ3) is 3.61. The quantitative estimate of drug-likeness (QED) is 0.523. The van der Waals surface area contributed by atoms with Crippen LogP contribution in [0.4, 0.5) is 5.69 Å². The Morgan fingerprint density at radius 2 is 1.89 bits per heavy atom. The van der Waals surface area contributed by atoms with Crippen molar-refractivity contribution in [3.63, 3.8) is 0 Å². The van der Waals surface area contributed by atoms with Crippen LogP contribution in [0, 0.1) is 13.8 Å². The van der Waals surface area contributed by atoms with E-state index in [1.807, 2.05) is 56.3 Å². The number of aryl methyl sites for hydroxylation is 2. The van der Waals surface area contributed by atoms with Gasteiger partial charge in [0.1, 0.15) is 10.8 Å². The molecule has 0 aliphatic rings. The van der Waals surface area contributed by atoms with E-state index in [0.29, 0.717) is 12.8 Å². The van der Waals surface area contributed by atoms with Gasteiger partial charge in [0, 0.05) is 17.5 Å². The van der Waals surface area contributed by atoms with Gasteiger partial charge < -0.3 is 9.84 Å². The summed E-state index contributed by atoms with van der Waals surface area (Å²) in [5, 5.41) is 7.87. The van der Waals surface area contributed by atoms with Crippen LogP contribution in [0.2, 0.25) is 0 Å². The van der Waals surface area contributed by atoms with Gasteiger partial charge in [-0.25, -0.2) is 4.98 Å². The summed E-state index contributed by atoms with van der Waals surface area (Å²) in [6, 6.07) is 15.8. The molecule has 0 bridgehead atoms. The van der Waals surface area contributed by atoms with Gasteiger partial charge >= 0.3 is 0 Å². The Morgan fingerprint density at radius 3 is 2.67 bits per heavy atom. The van der Waals surface area contributed by atoms with Crippen molar-refractivity contribution in [3.05, 3.63) is 65.5 Å². The number of carbonyl (C=O) groups is 1. The molecule has 1 amide bonds. The Balaban J connectivity index is 1.53. The number of rotatable bonds is 5. The van der Waals surface area contributed by atoms with Crippen molar-refractivity contribution in [2.75, 3.05) is 5.32 Å². The number of benzene rings is 2. The van der Waals surface area contributed by atoms with Crippen molar-refractivity contribution >= 4 is 33.1 Å². The van der Waals surface area contributed by atoms with E-state index in [1.54, 1.807) is 11.3 Å².